The number of halogens is 1. The average molecular weight is 240 g/mol. The Morgan fingerprint density at radius 2 is 1.92 bits per heavy atom. The Labute approximate surface area is 85.5 Å². The lowest BCUT2D eigenvalue weighted by Crippen LogP contribution is -2.12. The van der Waals surface area contributed by atoms with Crippen molar-refractivity contribution in [3.8, 4) is 0 Å². The van der Waals surface area contributed by atoms with Crippen molar-refractivity contribution < 1.29 is 4.79 Å². The van der Waals surface area contributed by atoms with E-state index in [1.807, 2.05) is 24.3 Å². The fourth-order valence-electron chi connectivity index (χ4n) is 1.12. The van der Waals surface area contributed by atoms with Crippen molar-refractivity contribution in [3.63, 3.8) is 0 Å². The van der Waals surface area contributed by atoms with Crippen LogP contribution in [0.3, 0.4) is 0 Å². The van der Waals surface area contributed by atoms with E-state index in [0.29, 0.717) is 0 Å². The molecule has 13 heavy (non-hydrogen) atoms. The Hall–Kier alpha value is -0.830. The average Bonchev–Trinajstić information content (AvgIpc) is 2.91. The van der Waals surface area contributed by atoms with E-state index in [0.717, 1.165) is 23.0 Å². The summed E-state index contributed by atoms with van der Waals surface area (Å²) in [6.07, 6.45) is 2.09. The smallest absolute Gasteiger partial charge is 0.227 e. The van der Waals surface area contributed by atoms with Crippen LogP contribution in [0.2, 0.25) is 0 Å². The molecule has 0 heterocycles. The number of rotatable bonds is 2. The van der Waals surface area contributed by atoms with Gasteiger partial charge in [-0.2, -0.15) is 0 Å². The highest BCUT2D eigenvalue weighted by Gasteiger charge is 2.29. The summed E-state index contributed by atoms with van der Waals surface area (Å²) in [6, 6.07) is 7.62. The highest BCUT2D eigenvalue weighted by Crippen LogP contribution is 2.30. The predicted molar refractivity (Wildman–Crippen MR) is 55.5 cm³/mol. The molecule has 2 rings (SSSR count). The highest BCUT2D eigenvalue weighted by atomic mass is 79.9. The van der Waals surface area contributed by atoms with Gasteiger partial charge < -0.3 is 5.32 Å². The van der Waals surface area contributed by atoms with Crippen molar-refractivity contribution >= 4 is 27.5 Å². The molecule has 0 radical (unpaired) electrons. The number of anilines is 1. The summed E-state index contributed by atoms with van der Waals surface area (Å²) in [5, 5.41) is 2.87. The van der Waals surface area contributed by atoms with Crippen LogP contribution in [-0.4, -0.2) is 5.91 Å². The van der Waals surface area contributed by atoms with Gasteiger partial charge in [0, 0.05) is 16.1 Å². The second kappa shape index (κ2) is 3.50. The van der Waals surface area contributed by atoms with Gasteiger partial charge >= 0.3 is 0 Å². The molecule has 2 nitrogen and oxygen atoms in total. The normalized spacial score (nSPS) is 15.5. The molecule has 1 amide bonds. The summed E-state index contributed by atoms with van der Waals surface area (Å²) >= 11 is 3.34. The molecule has 0 saturated heterocycles. The second-order valence-electron chi connectivity index (χ2n) is 3.27. The van der Waals surface area contributed by atoms with Crippen LogP contribution in [0, 0.1) is 5.92 Å². The van der Waals surface area contributed by atoms with Crippen LogP contribution in [0.5, 0.6) is 0 Å². The number of hydrogen-bond acceptors (Lipinski definition) is 1. The maximum atomic E-state index is 11.3. The van der Waals surface area contributed by atoms with Crippen molar-refractivity contribution in [1.29, 1.82) is 0 Å². The SMILES string of the molecule is O=C(Nc1ccc(Br)cc1)C1CC1. The van der Waals surface area contributed by atoms with E-state index in [4.69, 9.17) is 0 Å². The van der Waals surface area contributed by atoms with Crippen molar-refractivity contribution in [2.45, 2.75) is 12.8 Å². The zero-order chi connectivity index (χ0) is 9.26. The van der Waals surface area contributed by atoms with Crippen LogP contribution in [0.25, 0.3) is 0 Å². The molecule has 3 heteroatoms. The number of carbonyl (C=O) groups excluding carboxylic acids is 1. The van der Waals surface area contributed by atoms with Crippen molar-refractivity contribution in [2.24, 2.45) is 5.92 Å². The topological polar surface area (TPSA) is 29.1 Å². The molecule has 1 saturated carbocycles. The lowest BCUT2D eigenvalue weighted by atomic mass is 10.3. The molecule has 68 valence electrons. The van der Waals surface area contributed by atoms with Crippen LogP contribution in [-0.2, 0) is 4.79 Å². The van der Waals surface area contributed by atoms with Gasteiger partial charge in [-0.3, -0.25) is 4.79 Å². The predicted octanol–water partition coefficient (Wildman–Crippen LogP) is 2.80. The minimum absolute atomic E-state index is 0.155. The van der Waals surface area contributed by atoms with E-state index in [1.54, 1.807) is 0 Å². The maximum absolute atomic E-state index is 11.3. The molecule has 0 bridgehead atoms. The van der Waals surface area contributed by atoms with Gasteiger partial charge in [-0.25, -0.2) is 0 Å². The third-order valence-corrected chi connectivity index (χ3v) is 2.59. The standard InChI is InChI=1S/C10H10BrNO/c11-8-3-5-9(6-4-8)12-10(13)7-1-2-7/h3-7H,1-2H2,(H,12,13). The third kappa shape index (κ3) is 2.31. The van der Waals surface area contributed by atoms with Gasteiger partial charge in [0.1, 0.15) is 0 Å². The van der Waals surface area contributed by atoms with E-state index in [9.17, 15) is 4.79 Å². The van der Waals surface area contributed by atoms with Crippen molar-refractivity contribution in [2.75, 3.05) is 5.32 Å². The monoisotopic (exact) mass is 239 g/mol. The Morgan fingerprint density at radius 1 is 1.31 bits per heavy atom. The maximum Gasteiger partial charge on any atom is 0.227 e. The van der Waals surface area contributed by atoms with Gasteiger partial charge in [0.05, 0.1) is 0 Å². The molecular formula is C10H10BrNO. The third-order valence-electron chi connectivity index (χ3n) is 2.06. The highest BCUT2D eigenvalue weighted by molar-refractivity contribution is 9.10. The summed E-state index contributed by atoms with van der Waals surface area (Å²) < 4.78 is 1.02. The minimum Gasteiger partial charge on any atom is -0.326 e. The van der Waals surface area contributed by atoms with Gasteiger partial charge in [-0.05, 0) is 37.1 Å². The van der Waals surface area contributed by atoms with Crippen LogP contribution in [0.1, 0.15) is 12.8 Å². The first-order chi connectivity index (χ1) is 6.25. The first-order valence-corrected chi connectivity index (χ1v) is 5.11. The molecule has 0 unspecified atom stereocenters. The summed E-state index contributed by atoms with van der Waals surface area (Å²) in [6.45, 7) is 0. The van der Waals surface area contributed by atoms with E-state index < -0.39 is 0 Å². The van der Waals surface area contributed by atoms with Gasteiger partial charge in [0.15, 0.2) is 0 Å². The molecule has 1 aromatic rings. The molecule has 1 aromatic carbocycles. The lowest BCUT2D eigenvalue weighted by molar-refractivity contribution is -0.117. The van der Waals surface area contributed by atoms with Crippen LogP contribution in [0.4, 0.5) is 5.69 Å². The molecule has 1 aliphatic carbocycles. The number of nitrogens with one attached hydrogen (secondary N) is 1. The van der Waals surface area contributed by atoms with Gasteiger partial charge in [0.25, 0.3) is 0 Å². The van der Waals surface area contributed by atoms with Gasteiger partial charge in [-0.15, -0.1) is 0 Å². The summed E-state index contributed by atoms with van der Waals surface area (Å²) in [5.74, 6) is 0.422. The summed E-state index contributed by atoms with van der Waals surface area (Å²) in [4.78, 5) is 11.3. The first-order valence-electron chi connectivity index (χ1n) is 4.32. The van der Waals surface area contributed by atoms with Crippen molar-refractivity contribution in [3.05, 3.63) is 28.7 Å². The Bertz CT molecular complexity index is 316. The molecular weight excluding hydrogens is 230 g/mol. The number of carbonyl (C=O) groups is 1. The second-order valence-corrected chi connectivity index (χ2v) is 4.19. The van der Waals surface area contributed by atoms with Gasteiger partial charge in [0.2, 0.25) is 5.91 Å². The van der Waals surface area contributed by atoms with E-state index in [2.05, 4.69) is 21.2 Å². The van der Waals surface area contributed by atoms with E-state index in [1.165, 1.54) is 0 Å². The molecule has 1 fully saturated rings. The van der Waals surface area contributed by atoms with Crippen molar-refractivity contribution in [1.82, 2.24) is 0 Å². The fourth-order valence-corrected chi connectivity index (χ4v) is 1.39. The van der Waals surface area contributed by atoms with Gasteiger partial charge in [-0.1, -0.05) is 15.9 Å². The minimum atomic E-state index is 0.155. The zero-order valence-corrected chi connectivity index (χ0v) is 8.67. The molecule has 0 aliphatic heterocycles. The lowest BCUT2D eigenvalue weighted by Gasteiger charge is -2.03. The Morgan fingerprint density at radius 3 is 2.46 bits per heavy atom. The molecule has 0 spiro atoms. The first kappa shape index (κ1) is 8.75. The molecule has 1 N–H and O–H groups in total. The summed E-state index contributed by atoms with van der Waals surface area (Å²) in [7, 11) is 0. The quantitative estimate of drug-likeness (QED) is 0.846. The Balaban J connectivity index is 2.00. The Kier molecular flexibility index (Phi) is 2.36. The van der Waals surface area contributed by atoms with Crippen LogP contribution < -0.4 is 5.32 Å². The van der Waals surface area contributed by atoms with E-state index >= 15 is 0 Å². The molecule has 0 aromatic heterocycles. The zero-order valence-electron chi connectivity index (χ0n) is 7.09. The molecule has 0 atom stereocenters. The fraction of sp³-hybridized carbons (Fsp3) is 0.300. The number of hydrogen-bond donors (Lipinski definition) is 1. The van der Waals surface area contributed by atoms with Crippen LogP contribution >= 0.6 is 15.9 Å². The van der Waals surface area contributed by atoms with Crippen LogP contribution in [0.15, 0.2) is 28.7 Å². The number of amides is 1. The molecule has 1 aliphatic rings. The van der Waals surface area contributed by atoms with E-state index in [-0.39, 0.29) is 11.8 Å². The summed E-state index contributed by atoms with van der Waals surface area (Å²) in [5.41, 5.74) is 0.875. The number of benzene rings is 1. The largest absolute Gasteiger partial charge is 0.326 e.